The smallest absolute Gasteiger partial charge is 0.143 e. The fourth-order valence-electron chi connectivity index (χ4n) is 1.91. The van der Waals surface area contributed by atoms with Crippen LogP contribution < -0.4 is 10.1 Å². The van der Waals surface area contributed by atoms with Crippen LogP contribution in [0, 0.1) is 20.8 Å². The molecular formula is C14H17ClN2O2. The first-order chi connectivity index (χ1) is 9.02. The molecule has 102 valence electrons. The minimum atomic E-state index is 0.637. The van der Waals surface area contributed by atoms with Crippen LogP contribution in [-0.2, 0) is 6.54 Å². The minimum absolute atomic E-state index is 0.637. The maximum Gasteiger partial charge on any atom is 0.143 e. The van der Waals surface area contributed by atoms with Crippen LogP contribution >= 0.6 is 11.6 Å². The predicted octanol–water partition coefficient (Wildman–Crippen LogP) is 3.87. The van der Waals surface area contributed by atoms with Gasteiger partial charge in [0.1, 0.15) is 11.5 Å². The largest absolute Gasteiger partial charge is 0.495 e. The van der Waals surface area contributed by atoms with Crippen LogP contribution in [-0.4, -0.2) is 12.3 Å². The van der Waals surface area contributed by atoms with E-state index >= 15 is 0 Å². The molecule has 5 heteroatoms. The van der Waals surface area contributed by atoms with Crippen molar-refractivity contribution in [3.63, 3.8) is 0 Å². The monoisotopic (exact) mass is 280 g/mol. The van der Waals surface area contributed by atoms with Crippen molar-refractivity contribution in [2.24, 2.45) is 0 Å². The lowest BCUT2D eigenvalue weighted by Crippen LogP contribution is -2.03. The molecule has 2 rings (SSSR count). The van der Waals surface area contributed by atoms with E-state index in [2.05, 4.69) is 10.5 Å². The zero-order chi connectivity index (χ0) is 14.0. The van der Waals surface area contributed by atoms with Crippen molar-refractivity contribution in [2.75, 3.05) is 12.4 Å². The van der Waals surface area contributed by atoms with Crippen molar-refractivity contribution in [3.8, 4) is 5.75 Å². The Hall–Kier alpha value is -1.68. The Morgan fingerprint density at radius 2 is 2.05 bits per heavy atom. The molecule has 0 bridgehead atoms. The number of methoxy groups -OCH3 is 1. The van der Waals surface area contributed by atoms with E-state index in [-0.39, 0.29) is 0 Å². The maximum atomic E-state index is 6.08. The van der Waals surface area contributed by atoms with E-state index in [0.717, 1.165) is 34.0 Å². The van der Waals surface area contributed by atoms with Gasteiger partial charge in [0, 0.05) is 23.2 Å². The molecule has 0 radical (unpaired) electrons. The van der Waals surface area contributed by atoms with Gasteiger partial charge in [-0.3, -0.25) is 0 Å². The first-order valence-electron chi connectivity index (χ1n) is 6.02. The average Bonchev–Trinajstić information content (AvgIpc) is 2.70. The summed E-state index contributed by atoms with van der Waals surface area (Å²) in [6, 6.07) is 3.78. The second kappa shape index (κ2) is 5.53. The summed E-state index contributed by atoms with van der Waals surface area (Å²) in [5, 5.41) is 7.96. The van der Waals surface area contributed by atoms with Crippen molar-refractivity contribution in [1.82, 2.24) is 5.16 Å². The van der Waals surface area contributed by atoms with E-state index < -0.39 is 0 Å². The third kappa shape index (κ3) is 2.84. The van der Waals surface area contributed by atoms with Gasteiger partial charge in [-0.05, 0) is 32.4 Å². The van der Waals surface area contributed by atoms with Gasteiger partial charge >= 0.3 is 0 Å². The lowest BCUT2D eigenvalue weighted by molar-refractivity contribution is 0.392. The number of benzene rings is 1. The molecule has 0 aliphatic heterocycles. The Morgan fingerprint density at radius 3 is 2.63 bits per heavy atom. The van der Waals surface area contributed by atoms with Crippen LogP contribution in [0.25, 0.3) is 0 Å². The van der Waals surface area contributed by atoms with Gasteiger partial charge in [-0.2, -0.15) is 0 Å². The van der Waals surface area contributed by atoms with Gasteiger partial charge in [0.2, 0.25) is 0 Å². The molecule has 0 aliphatic rings. The van der Waals surface area contributed by atoms with Crippen molar-refractivity contribution in [2.45, 2.75) is 27.3 Å². The zero-order valence-electron chi connectivity index (χ0n) is 11.5. The van der Waals surface area contributed by atoms with Crippen LogP contribution in [0.15, 0.2) is 16.7 Å². The summed E-state index contributed by atoms with van der Waals surface area (Å²) in [5.41, 5.74) is 3.87. The van der Waals surface area contributed by atoms with Gasteiger partial charge in [-0.1, -0.05) is 16.8 Å². The predicted molar refractivity (Wildman–Crippen MR) is 76.0 cm³/mol. The maximum absolute atomic E-state index is 6.08. The zero-order valence-corrected chi connectivity index (χ0v) is 12.3. The topological polar surface area (TPSA) is 47.3 Å². The van der Waals surface area contributed by atoms with Gasteiger partial charge in [0.05, 0.1) is 18.5 Å². The van der Waals surface area contributed by atoms with Crippen LogP contribution in [0.1, 0.15) is 22.6 Å². The van der Waals surface area contributed by atoms with E-state index in [9.17, 15) is 0 Å². The summed E-state index contributed by atoms with van der Waals surface area (Å²) in [6.45, 7) is 6.43. The fraction of sp³-hybridized carbons (Fsp3) is 0.357. The molecule has 0 spiro atoms. The molecule has 0 atom stereocenters. The first kappa shape index (κ1) is 13.7. The quantitative estimate of drug-likeness (QED) is 0.923. The highest BCUT2D eigenvalue weighted by Gasteiger charge is 2.11. The van der Waals surface area contributed by atoms with Gasteiger partial charge < -0.3 is 14.6 Å². The van der Waals surface area contributed by atoms with Crippen LogP contribution in [0.3, 0.4) is 0 Å². The molecule has 19 heavy (non-hydrogen) atoms. The number of halogens is 1. The standard InChI is InChI=1S/C14H17ClN2O2/c1-8-5-13(14(18-4)6-12(8)15)16-7-11-9(2)17-19-10(11)3/h5-6,16H,7H2,1-4H3. The number of ether oxygens (including phenoxy) is 1. The number of aryl methyl sites for hydroxylation is 3. The van der Waals surface area contributed by atoms with Gasteiger partial charge in [0.25, 0.3) is 0 Å². The molecule has 0 saturated carbocycles. The van der Waals surface area contributed by atoms with Crippen molar-refractivity contribution in [1.29, 1.82) is 0 Å². The molecule has 1 N–H and O–H groups in total. The van der Waals surface area contributed by atoms with E-state index in [0.29, 0.717) is 11.6 Å². The Bertz CT molecular complexity index is 574. The first-order valence-corrected chi connectivity index (χ1v) is 6.40. The van der Waals surface area contributed by atoms with Gasteiger partial charge in [-0.25, -0.2) is 0 Å². The molecule has 0 unspecified atom stereocenters. The third-order valence-electron chi connectivity index (χ3n) is 3.12. The fourth-order valence-corrected chi connectivity index (χ4v) is 2.06. The lowest BCUT2D eigenvalue weighted by Gasteiger charge is -2.13. The SMILES string of the molecule is COc1cc(Cl)c(C)cc1NCc1c(C)noc1C. The molecule has 1 heterocycles. The molecule has 0 aliphatic carbocycles. The Morgan fingerprint density at radius 1 is 1.32 bits per heavy atom. The minimum Gasteiger partial charge on any atom is -0.495 e. The van der Waals surface area contributed by atoms with Crippen molar-refractivity contribution < 1.29 is 9.26 Å². The number of aromatic nitrogens is 1. The summed E-state index contributed by atoms with van der Waals surface area (Å²) in [6.07, 6.45) is 0. The molecule has 0 fully saturated rings. The van der Waals surface area contributed by atoms with Gasteiger partial charge in [-0.15, -0.1) is 0 Å². The highest BCUT2D eigenvalue weighted by molar-refractivity contribution is 6.31. The third-order valence-corrected chi connectivity index (χ3v) is 3.52. The number of nitrogens with one attached hydrogen (secondary N) is 1. The Labute approximate surface area is 117 Å². The van der Waals surface area contributed by atoms with Crippen molar-refractivity contribution in [3.05, 3.63) is 39.7 Å². The molecule has 1 aromatic carbocycles. The van der Waals surface area contributed by atoms with Crippen LogP contribution in [0.2, 0.25) is 5.02 Å². The molecule has 0 saturated heterocycles. The summed E-state index contributed by atoms with van der Waals surface area (Å²) < 4.78 is 10.5. The summed E-state index contributed by atoms with van der Waals surface area (Å²) in [4.78, 5) is 0. The highest BCUT2D eigenvalue weighted by Crippen LogP contribution is 2.31. The Kier molecular flexibility index (Phi) is 4.00. The number of nitrogens with zero attached hydrogens (tertiary/aromatic N) is 1. The number of hydrogen-bond donors (Lipinski definition) is 1. The van der Waals surface area contributed by atoms with Crippen LogP contribution in [0.5, 0.6) is 5.75 Å². The van der Waals surface area contributed by atoms with E-state index in [4.69, 9.17) is 20.9 Å². The molecule has 1 aromatic heterocycles. The van der Waals surface area contributed by atoms with Crippen molar-refractivity contribution >= 4 is 17.3 Å². The summed E-state index contributed by atoms with van der Waals surface area (Å²) in [5.74, 6) is 1.55. The van der Waals surface area contributed by atoms with Gasteiger partial charge in [0.15, 0.2) is 0 Å². The highest BCUT2D eigenvalue weighted by atomic mass is 35.5. The molecular weight excluding hydrogens is 264 g/mol. The second-order valence-electron chi connectivity index (χ2n) is 4.46. The van der Waals surface area contributed by atoms with E-state index in [1.165, 1.54) is 0 Å². The summed E-state index contributed by atoms with van der Waals surface area (Å²) in [7, 11) is 1.63. The second-order valence-corrected chi connectivity index (χ2v) is 4.87. The van der Waals surface area contributed by atoms with E-state index in [1.54, 1.807) is 7.11 Å². The number of anilines is 1. The number of hydrogen-bond acceptors (Lipinski definition) is 4. The lowest BCUT2D eigenvalue weighted by atomic mass is 10.1. The average molecular weight is 281 g/mol. The molecule has 0 amide bonds. The normalized spacial score (nSPS) is 10.6. The summed E-state index contributed by atoms with van der Waals surface area (Å²) >= 11 is 6.08. The molecule has 4 nitrogen and oxygen atoms in total. The van der Waals surface area contributed by atoms with Crippen LogP contribution in [0.4, 0.5) is 5.69 Å². The molecule has 2 aromatic rings. The number of rotatable bonds is 4. The Balaban J connectivity index is 2.22. The van der Waals surface area contributed by atoms with E-state index in [1.807, 2.05) is 32.9 Å².